The van der Waals surface area contributed by atoms with Crippen LogP contribution in [0.4, 0.5) is 5.69 Å². The quantitative estimate of drug-likeness (QED) is 0.461. The lowest BCUT2D eigenvalue weighted by Gasteiger charge is -2.17. The van der Waals surface area contributed by atoms with Crippen molar-refractivity contribution < 1.29 is 14.6 Å². The molecule has 1 unspecified atom stereocenters. The summed E-state index contributed by atoms with van der Waals surface area (Å²) in [6, 6.07) is 6.42. The number of methoxy groups -OCH3 is 1. The maximum atomic E-state index is 10.7. The minimum atomic E-state index is -0.954. The van der Waals surface area contributed by atoms with Crippen molar-refractivity contribution in [3.63, 3.8) is 0 Å². The lowest BCUT2D eigenvalue weighted by Crippen LogP contribution is -2.44. The van der Waals surface area contributed by atoms with E-state index in [2.05, 4.69) is 16.2 Å². The van der Waals surface area contributed by atoms with Crippen molar-refractivity contribution in [2.24, 2.45) is 0 Å². The van der Waals surface area contributed by atoms with Gasteiger partial charge in [0.1, 0.15) is 0 Å². The standard InChI is InChI=1S/C12H17N3O3S/c1-8(7-18-2)13-12(19)15-14-10-5-3-9(4-6-10)11(16)17/h3-6,8,14H,7H2,1-2H3,(H,16,17)(H2,13,15,19). The fourth-order valence-electron chi connectivity index (χ4n) is 1.38. The van der Waals surface area contributed by atoms with Crippen LogP contribution in [0, 0.1) is 0 Å². The van der Waals surface area contributed by atoms with E-state index >= 15 is 0 Å². The summed E-state index contributed by atoms with van der Waals surface area (Å²) in [4.78, 5) is 10.7. The molecule has 0 aliphatic rings. The molecular weight excluding hydrogens is 266 g/mol. The molecule has 1 rings (SSSR count). The minimum absolute atomic E-state index is 0.0983. The number of hydrazine groups is 1. The number of anilines is 1. The number of carboxylic acids is 1. The fourth-order valence-corrected chi connectivity index (χ4v) is 1.63. The van der Waals surface area contributed by atoms with Gasteiger partial charge in [-0.15, -0.1) is 0 Å². The molecule has 6 nitrogen and oxygen atoms in total. The Hall–Kier alpha value is -1.86. The Kier molecular flexibility index (Phi) is 6.04. The Morgan fingerprint density at radius 2 is 2.05 bits per heavy atom. The first-order valence-electron chi connectivity index (χ1n) is 5.67. The van der Waals surface area contributed by atoms with Gasteiger partial charge in [0.15, 0.2) is 5.11 Å². The second kappa shape index (κ2) is 7.55. The summed E-state index contributed by atoms with van der Waals surface area (Å²) in [6.07, 6.45) is 0. The van der Waals surface area contributed by atoms with Crippen LogP contribution < -0.4 is 16.2 Å². The van der Waals surface area contributed by atoms with Crippen molar-refractivity contribution in [1.29, 1.82) is 0 Å². The largest absolute Gasteiger partial charge is 0.478 e. The van der Waals surface area contributed by atoms with Gasteiger partial charge < -0.3 is 15.2 Å². The summed E-state index contributed by atoms with van der Waals surface area (Å²) >= 11 is 5.08. The van der Waals surface area contributed by atoms with Crippen molar-refractivity contribution >= 4 is 29.0 Å². The maximum absolute atomic E-state index is 10.7. The van der Waals surface area contributed by atoms with Crippen molar-refractivity contribution in [1.82, 2.24) is 10.7 Å². The van der Waals surface area contributed by atoms with E-state index in [9.17, 15) is 4.79 Å². The van der Waals surface area contributed by atoms with E-state index in [0.29, 0.717) is 17.4 Å². The predicted molar refractivity (Wildman–Crippen MR) is 77.2 cm³/mol. The number of hydrogen-bond donors (Lipinski definition) is 4. The van der Waals surface area contributed by atoms with Crippen molar-refractivity contribution in [2.75, 3.05) is 19.1 Å². The van der Waals surface area contributed by atoms with Gasteiger partial charge in [0, 0.05) is 13.2 Å². The molecule has 1 atom stereocenters. The molecule has 0 bridgehead atoms. The summed E-state index contributed by atoms with van der Waals surface area (Å²) in [5, 5.41) is 12.2. The monoisotopic (exact) mass is 283 g/mol. The van der Waals surface area contributed by atoms with E-state index in [1.807, 2.05) is 6.92 Å². The van der Waals surface area contributed by atoms with Gasteiger partial charge in [-0.05, 0) is 43.4 Å². The number of aromatic carboxylic acids is 1. The van der Waals surface area contributed by atoms with Gasteiger partial charge in [0.2, 0.25) is 0 Å². The molecule has 19 heavy (non-hydrogen) atoms. The number of carbonyl (C=O) groups is 1. The third kappa shape index (κ3) is 5.54. The Bertz CT molecular complexity index is 436. The third-order valence-electron chi connectivity index (χ3n) is 2.25. The molecule has 0 heterocycles. The predicted octanol–water partition coefficient (Wildman–Crippen LogP) is 1.21. The Balaban J connectivity index is 2.39. The number of benzene rings is 1. The van der Waals surface area contributed by atoms with Crippen LogP contribution >= 0.6 is 12.2 Å². The smallest absolute Gasteiger partial charge is 0.335 e. The summed E-state index contributed by atoms with van der Waals surface area (Å²) < 4.78 is 4.98. The second-order valence-corrected chi connectivity index (χ2v) is 4.37. The normalized spacial score (nSPS) is 11.5. The van der Waals surface area contributed by atoms with Crippen molar-refractivity contribution in [2.45, 2.75) is 13.0 Å². The number of ether oxygens (including phenoxy) is 1. The van der Waals surface area contributed by atoms with Crippen LogP contribution in [0.2, 0.25) is 0 Å². The molecule has 4 N–H and O–H groups in total. The van der Waals surface area contributed by atoms with Crippen LogP contribution in [-0.4, -0.2) is 35.9 Å². The van der Waals surface area contributed by atoms with Gasteiger partial charge in [0.05, 0.1) is 17.9 Å². The average molecular weight is 283 g/mol. The van der Waals surface area contributed by atoms with Gasteiger partial charge in [0.25, 0.3) is 0 Å². The van der Waals surface area contributed by atoms with E-state index in [1.54, 1.807) is 19.2 Å². The van der Waals surface area contributed by atoms with E-state index in [-0.39, 0.29) is 11.6 Å². The molecular formula is C12H17N3O3S. The van der Waals surface area contributed by atoms with Crippen LogP contribution in [0.25, 0.3) is 0 Å². The first-order chi connectivity index (χ1) is 9.02. The van der Waals surface area contributed by atoms with Gasteiger partial charge >= 0.3 is 5.97 Å². The number of hydrogen-bond acceptors (Lipinski definition) is 4. The van der Waals surface area contributed by atoms with Crippen LogP contribution in [0.3, 0.4) is 0 Å². The third-order valence-corrected chi connectivity index (χ3v) is 2.47. The highest BCUT2D eigenvalue weighted by Gasteiger charge is 2.04. The first-order valence-corrected chi connectivity index (χ1v) is 6.08. The molecule has 0 aliphatic carbocycles. The summed E-state index contributed by atoms with van der Waals surface area (Å²) in [5.41, 5.74) is 6.63. The summed E-state index contributed by atoms with van der Waals surface area (Å²) in [7, 11) is 1.62. The maximum Gasteiger partial charge on any atom is 0.335 e. The molecule has 0 radical (unpaired) electrons. The zero-order chi connectivity index (χ0) is 14.3. The topological polar surface area (TPSA) is 82.6 Å². The molecule has 0 aromatic heterocycles. The van der Waals surface area contributed by atoms with E-state index in [0.717, 1.165) is 0 Å². The van der Waals surface area contributed by atoms with E-state index < -0.39 is 5.97 Å². The van der Waals surface area contributed by atoms with Crippen LogP contribution in [-0.2, 0) is 4.74 Å². The molecule has 0 saturated carbocycles. The Morgan fingerprint density at radius 3 is 2.58 bits per heavy atom. The SMILES string of the molecule is COCC(C)NC(=S)NNc1ccc(C(=O)O)cc1. The molecule has 0 amide bonds. The molecule has 1 aromatic carbocycles. The summed E-state index contributed by atoms with van der Waals surface area (Å²) in [5.74, 6) is -0.954. The van der Waals surface area contributed by atoms with Gasteiger partial charge in [-0.2, -0.15) is 0 Å². The number of thiocarbonyl (C=S) groups is 1. The molecule has 0 fully saturated rings. The van der Waals surface area contributed by atoms with Gasteiger partial charge in [-0.25, -0.2) is 4.79 Å². The second-order valence-electron chi connectivity index (χ2n) is 3.96. The molecule has 7 heteroatoms. The van der Waals surface area contributed by atoms with Crippen LogP contribution in [0.1, 0.15) is 17.3 Å². The highest BCUT2D eigenvalue weighted by Crippen LogP contribution is 2.08. The highest BCUT2D eigenvalue weighted by molar-refractivity contribution is 7.80. The van der Waals surface area contributed by atoms with Crippen molar-refractivity contribution in [3.05, 3.63) is 29.8 Å². The Labute approximate surface area is 117 Å². The zero-order valence-electron chi connectivity index (χ0n) is 10.8. The highest BCUT2D eigenvalue weighted by atomic mass is 32.1. The van der Waals surface area contributed by atoms with E-state index in [4.69, 9.17) is 22.1 Å². The lowest BCUT2D eigenvalue weighted by molar-refractivity contribution is 0.0697. The van der Waals surface area contributed by atoms with Gasteiger partial charge in [-0.1, -0.05) is 0 Å². The van der Waals surface area contributed by atoms with Crippen LogP contribution in [0.15, 0.2) is 24.3 Å². The van der Waals surface area contributed by atoms with Gasteiger partial charge in [-0.3, -0.25) is 10.9 Å². The Morgan fingerprint density at radius 1 is 1.42 bits per heavy atom. The van der Waals surface area contributed by atoms with Crippen molar-refractivity contribution in [3.8, 4) is 0 Å². The molecule has 1 aromatic rings. The number of carboxylic acid groups (broad SMARTS) is 1. The van der Waals surface area contributed by atoms with Crippen LogP contribution in [0.5, 0.6) is 0 Å². The van der Waals surface area contributed by atoms with E-state index in [1.165, 1.54) is 12.1 Å². The lowest BCUT2D eigenvalue weighted by atomic mass is 10.2. The molecule has 0 aliphatic heterocycles. The average Bonchev–Trinajstić information content (AvgIpc) is 2.37. The number of nitrogens with one attached hydrogen (secondary N) is 3. The molecule has 0 saturated heterocycles. The first kappa shape index (κ1) is 15.2. The number of rotatable bonds is 6. The molecule has 104 valence electrons. The minimum Gasteiger partial charge on any atom is -0.478 e. The summed E-state index contributed by atoms with van der Waals surface area (Å²) in [6.45, 7) is 2.49. The fraction of sp³-hybridized carbons (Fsp3) is 0.333. The zero-order valence-corrected chi connectivity index (χ0v) is 11.6. The molecule has 0 spiro atoms.